The van der Waals surface area contributed by atoms with Gasteiger partial charge in [-0.25, -0.2) is 0 Å². The van der Waals surface area contributed by atoms with E-state index in [0.29, 0.717) is 11.8 Å². The van der Waals surface area contributed by atoms with Gasteiger partial charge in [0.1, 0.15) is 0 Å². The van der Waals surface area contributed by atoms with Crippen molar-refractivity contribution in [2.24, 2.45) is 5.73 Å². The summed E-state index contributed by atoms with van der Waals surface area (Å²) in [5.41, 5.74) is 5.25. The Morgan fingerprint density at radius 1 is 1.57 bits per heavy atom. The second kappa shape index (κ2) is 3.64. The highest BCUT2D eigenvalue weighted by molar-refractivity contribution is 7.85. The first-order chi connectivity index (χ1) is 3.18. The van der Waals surface area contributed by atoms with E-state index in [1.165, 1.54) is 0 Å². The number of rotatable bonds is 2. The Balaban J connectivity index is 3.14. The molecule has 0 aliphatic carbocycles. The van der Waals surface area contributed by atoms with Crippen molar-refractivity contribution in [3.63, 3.8) is 0 Å². The summed E-state index contributed by atoms with van der Waals surface area (Å²) in [5.74, 6) is 0. The first kappa shape index (κ1) is 7.66. The van der Waals surface area contributed by atoms with Crippen LogP contribution in [-0.4, -0.2) is 17.0 Å². The summed E-state index contributed by atoms with van der Waals surface area (Å²) in [7, 11) is 0. The fraction of sp³-hybridized carbons (Fsp3) is 1.00. The van der Waals surface area contributed by atoms with Gasteiger partial charge in [-0.05, 0) is 0 Å². The van der Waals surface area contributed by atoms with Crippen LogP contribution in [0.3, 0.4) is 0 Å². The van der Waals surface area contributed by atoms with Gasteiger partial charge in [0.25, 0.3) is 0 Å². The van der Waals surface area contributed by atoms with E-state index in [1.54, 1.807) is 0 Å². The van der Waals surface area contributed by atoms with E-state index in [0.717, 1.165) is 0 Å². The quantitative estimate of drug-likeness (QED) is 0.476. The summed E-state index contributed by atoms with van der Waals surface area (Å²) in [5, 5.41) is 0.539. The molecule has 0 aliphatic heterocycles. The zero-order chi connectivity index (χ0) is 5.86. The van der Waals surface area contributed by atoms with Crippen LogP contribution >= 0.6 is 25.3 Å². The normalized spacial score (nSPS) is 18.9. The van der Waals surface area contributed by atoms with Crippen LogP contribution in [0.5, 0.6) is 0 Å². The van der Waals surface area contributed by atoms with Crippen molar-refractivity contribution < 1.29 is 0 Å². The Bertz CT molecular complexity index is 47.0. The molecule has 2 unspecified atom stereocenters. The third-order valence-electron chi connectivity index (χ3n) is 0.798. The first-order valence-electron chi connectivity index (χ1n) is 2.24. The summed E-state index contributed by atoms with van der Waals surface area (Å²) in [4.78, 5) is 0. The van der Waals surface area contributed by atoms with E-state index in [1.807, 2.05) is 6.92 Å². The van der Waals surface area contributed by atoms with Crippen LogP contribution in [-0.2, 0) is 0 Å². The van der Waals surface area contributed by atoms with Crippen molar-refractivity contribution >= 4 is 25.3 Å². The van der Waals surface area contributed by atoms with Crippen molar-refractivity contribution in [1.29, 1.82) is 0 Å². The highest BCUT2D eigenvalue weighted by Gasteiger charge is 2.03. The Morgan fingerprint density at radius 3 is 2.00 bits per heavy atom. The molecule has 0 bridgehead atoms. The molecule has 0 rings (SSSR count). The predicted octanol–water partition coefficient (Wildman–Crippen LogP) is 0.562. The van der Waals surface area contributed by atoms with Gasteiger partial charge < -0.3 is 5.73 Å². The smallest absolute Gasteiger partial charge is 0.0253 e. The molecular formula is C4H11NS2. The molecule has 0 aromatic rings. The molecule has 0 saturated carbocycles. The predicted molar refractivity (Wildman–Crippen MR) is 40.3 cm³/mol. The Labute approximate surface area is 55.5 Å². The van der Waals surface area contributed by atoms with Crippen LogP contribution < -0.4 is 5.73 Å². The molecule has 0 heterocycles. The fourth-order valence-corrected chi connectivity index (χ4v) is 0.319. The van der Waals surface area contributed by atoms with Gasteiger partial charge in [0.15, 0.2) is 0 Å². The zero-order valence-corrected chi connectivity index (χ0v) is 6.12. The van der Waals surface area contributed by atoms with Gasteiger partial charge in [-0.1, -0.05) is 6.92 Å². The maximum Gasteiger partial charge on any atom is 0.0253 e. The Kier molecular flexibility index (Phi) is 3.98. The SMILES string of the molecule is CC(S)C(S)CN. The van der Waals surface area contributed by atoms with Gasteiger partial charge in [0.05, 0.1) is 0 Å². The number of thiol groups is 2. The minimum Gasteiger partial charge on any atom is -0.329 e. The average molecular weight is 137 g/mol. The van der Waals surface area contributed by atoms with Crippen molar-refractivity contribution in [3.8, 4) is 0 Å². The molecule has 2 atom stereocenters. The van der Waals surface area contributed by atoms with Crippen molar-refractivity contribution in [1.82, 2.24) is 0 Å². The molecule has 0 radical (unpaired) electrons. The molecule has 0 aromatic carbocycles. The van der Waals surface area contributed by atoms with Crippen LogP contribution in [0.1, 0.15) is 6.92 Å². The lowest BCUT2D eigenvalue weighted by Gasteiger charge is -2.08. The summed E-state index contributed by atoms with van der Waals surface area (Å²) >= 11 is 8.24. The third-order valence-corrected chi connectivity index (χ3v) is 2.05. The molecule has 44 valence electrons. The molecule has 0 aromatic heterocycles. The van der Waals surface area contributed by atoms with Crippen LogP contribution in [0.2, 0.25) is 0 Å². The maximum atomic E-state index is 5.25. The van der Waals surface area contributed by atoms with Crippen LogP contribution in [0.4, 0.5) is 0 Å². The monoisotopic (exact) mass is 137 g/mol. The third kappa shape index (κ3) is 3.26. The molecule has 0 amide bonds. The summed E-state index contributed by atoms with van der Waals surface area (Å²) in [6.45, 7) is 2.58. The Morgan fingerprint density at radius 2 is 2.00 bits per heavy atom. The van der Waals surface area contributed by atoms with Gasteiger partial charge in [0.2, 0.25) is 0 Å². The fourth-order valence-electron chi connectivity index (χ4n) is 0.197. The minimum atomic E-state index is 0.239. The summed E-state index contributed by atoms with van der Waals surface area (Å²) in [6.07, 6.45) is 0. The van der Waals surface area contributed by atoms with Gasteiger partial charge >= 0.3 is 0 Å². The zero-order valence-electron chi connectivity index (χ0n) is 4.33. The van der Waals surface area contributed by atoms with Crippen LogP contribution in [0.15, 0.2) is 0 Å². The second-order valence-corrected chi connectivity index (χ2v) is 3.02. The van der Waals surface area contributed by atoms with Gasteiger partial charge in [-0.3, -0.25) is 0 Å². The van der Waals surface area contributed by atoms with E-state index >= 15 is 0 Å². The summed E-state index contributed by atoms with van der Waals surface area (Å²) < 4.78 is 0. The molecule has 0 aliphatic rings. The maximum absolute atomic E-state index is 5.25. The molecule has 1 nitrogen and oxygen atoms in total. The molecule has 0 saturated heterocycles. The van der Waals surface area contributed by atoms with Gasteiger partial charge in [0, 0.05) is 17.0 Å². The Hall–Kier alpha value is 0.660. The lowest BCUT2D eigenvalue weighted by atomic mass is 10.3. The van der Waals surface area contributed by atoms with E-state index in [2.05, 4.69) is 25.3 Å². The first-order valence-corrected chi connectivity index (χ1v) is 3.28. The molecule has 2 N–H and O–H groups in total. The largest absolute Gasteiger partial charge is 0.329 e. The molecule has 0 fully saturated rings. The van der Waals surface area contributed by atoms with E-state index in [4.69, 9.17) is 5.73 Å². The van der Waals surface area contributed by atoms with Crippen LogP contribution in [0, 0.1) is 0 Å². The lowest BCUT2D eigenvalue weighted by molar-refractivity contribution is 0.854. The van der Waals surface area contributed by atoms with Gasteiger partial charge in [-0.2, -0.15) is 25.3 Å². The second-order valence-electron chi connectivity index (χ2n) is 1.54. The van der Waals surface area contributed by atoms with E-state index < -0.39 is 0 Å². The number of hydrogen-bond acceptors (Lipinski definition) is 3. The van der Waals surface area contributed by atoms with Gasteiger partial charge in [-0.15, -0.1) is 0 Å². The lowest BCUT2D eigenvalue weighted by Crippen LogP contribution is -2.21. The standard InChI is InChI=1S/C4H11NS2/c1-3(6)4(7)2-5/h3-4,6-7H,2,5H2,1H3. The summed E-state index contributed by atoms with van der Waals surface area (Å²) in [6, 6.07) is 0. The molecule has 0 spiro atoms. The topological polar surface area (TPSA) is 26.0 Å². The molecule has 7 heavy (non-hydrogen) atoms. The number of nitrogens with two attached hydrogens (primary N) is 1. The van der Waals surface area contributed by atoms with Crippen LogP contribution in [0.25, 0.3) is 0 Å². The minimum absolute atomic E-state index is 0.239. The van der Waals surface area contributed by atoms with Crippen molar-refractivity contribution in [3.05, 3.63) is 0 Å². The van der Waals surface area contributed by atoms with Crippen molar-refractivity contribution in [2.75, 3.05) is 6.54 Å². The number of hydrogen-bond donors (Lipinski definition) is 3. The van der Waals surface area contributed by atoms with E-state index in [-0.39, 0.29) is 5.25 Å². The highest BCUT2D eigenvalue weighted by Crippen LogP contribution is 2.04. The van der Waals surface area contributed by atoms with Crippen molar-refractivity contribution in [2.45, 2.75) is 17.4 Å². The van der Waals surface area contributed by atoms with E-state index in [9.17, 15) is 0 Å². The molecular weight excluding hydrogens is 126 g/mol. The molecule has 3 heteroatoms. The average Bonchev–Trinajstić information content (AvgIpc) is 1.65. The highest BCUT2D eigenvalue weighted by atomic mass is 32.1.